The molecule has 4 rings (SSSR count). The van der Waals surface area contributed by atoms with E-state index in [1.165, 1.54) is 12.1 Å². The number of phenols is 2. The van der Waals surface area contributed by atoms with Gasteiger partial charge < -0.3 is 25.3 Å². The molecular weight excluding hydrogens is 418 g/mol. The Bertz CT molecular complexity index is 1320. The number of rotatable bonds is 6. The van der Waals surface area contributed by atoms with E-state index in [0.717, 1.165) is 11.1 Å². The van der Waals surface area contributed by atoms with Gasteiger partial charge in [-0.05, 0) is 49.4 Å². The van der Waals surface area contributed by atoms with E-state index in [2.05, 4.69) is 6.07 Å². The third-order valence-corrected chi connectivity index (χ3v) is 6.04. The number of aromatic hydroxyl groups is 2. The molecular formula is C26H25N3O4. The van der Waals surface area contributed by atoms with Gasteiger partial charge in [-0.2, -0.15) is 5.26 Å². The fourth-order valence-corrected chi connectivity index (χ4v) is 4.27. The number of nitrogens with zero attached hydrogens (tertiary/aromatic N) is 2. The lowest BCUT2D eigenvalue weighted by atomic mass is 9.85. The second-order valence-corrected chi connectivity index (χ2v) is 8.16. The summed E-state index contributed by atoms with van der Waals surface area (Å²) in [6, 6.07) is 18.4. The number of nitrogens with two attached hydrogens (primary N) is 1. The predicted molar refractivity (Wildman–Crippen MR) is 124 cm³/mol. The first kappa shape index (κ1) is 22.0. The first-order valence-corrected chi connectivity index (χ1v) is 10.8. The maximum atomic E-state index is 13.6. The second kappa shape index (κ2) is 9.13. The summed E-state index contributed by atoms with van der Waals surface area (Å²) in [5.74, 6) is -0.413. The number of hydrogen-bond donors (Lipinski definition) is 3. The molecule has 1 aliphatic rings. The van der Waals surface area contributed by atoms with Crippen LogP contribution in [-0.2, 0) is 19.4 Å². The first-order chi connectivity index (χ1) is 15.9. The summed E-state index contributed by atoms with van der Waals surface area (Å²) < 4.78 is 7.34. The van der Waals surface area contributed by atoms with Crippen molar-refractivity contribution in [2.75, 3.05) is 0 Å². The van der Waals surface area contributed by atoms with Crippen molar-refractivity contribution in [2.45, 2.75) is 38.6 Å². The predicted octanol–water partition coefficient (Wildman–Crippen LogP) is 3.61. The van der Waals surface area contributed by atoms with Crippen LogP contribution >= 0.6 is 0 Å². The molecule has 4 N–H and O–H groups in total. The van der Waals surface area contributed by atoms with Crippen molar-refractivity contribution in [3.8, 4) is 23.3 Å². The second-order valence-electron chi connectivity index (χ2n) is 8.16. The lowest BCUT2D eigenvalue weighted by Gasteiger charge is -2.27. The molecule has 168 valence electrons. The number of pyridine rings is 1. The van der Waals surface area contributed by atoms with Crippen molar-refractivity contribution in [1.82, 2.24) is 4.57 Å². The molecule has 0 bridgehead atoms. The summed E-state index contributed by atoms with van der Waals surface area (Å²) in [5.41, 5.74) is 9.14. The van der Waals surface area contributed by atoms with E-state index in [9.17, 15) is 20.3 Å². The van der Waals surface area contributed by atoms with Gasteiger partial charge in [0.1, 0.15) is 11.8 Å². The van der Waals surface area contributed by atoms with Gasteiger partial charge in [0.05, 0.1) is 11.1 Å². The topological polar surface area (TPSA) is 122 Å². The van der Waals surface area contributed by atoms with Crippen LogP contribution in [0, 0.1) is 18.3 Å². The van der Waals surface area contributed by atoms with Crippen molar-refractivity contribution >= 4 is 0 Å². The molecule has 1 aliphatic heterocycles. The Labute approximate surface area is 191 Å². The van der Waals surface area contributed by atoms with Crippen molar-refractivity contribution < 1.29 is 14.9 Å². The van der Waals surface area contributed by atoms with Crippen molar-refractivity contribution in [1.29, 1.82) is 5.26 Å². The van der Waals surface area contributed by atoms with E-state index >= 15 is 0 Å². The monoisotopic (exact) mass is 443 g/mol. The quantitative estimate of drug-likeness (QED) is 0.501. The van der Waals surface area contributed by atoms with Gasteiger partial charge in [-0.15, -0.1) is 0 Å². The fraction of sp³-hybridized carbons (Fsp3) is 0.231. The van der Waals surface area contributed by atoms with Crippen LogP contribution in [0.2, 0.25) is 0 Å². The highest BCUT2D eigenvalue weighted by molar-refractivity contribution is 5.49. The summed E-state index contributed by atoms with van der Waals surface area (Å²) in [4.78, 5) is 13.6. The minimum Gasteiger partial charge on any atom is -0.504 e. The minimum atomic E-state index is -0.462. The fourth-order valence-electron chi connectivity index (χ4n) is 4.27. The number of nitriles is 1. The maximum absolute atomic E-state index is 13.6. The zero-order valence-corrected chi connectivity index (χ0v) is 18.3. The van der Waals surface area contributed by atoms with Crippen LogP contribution in [-0.4, -0.2) is 14.8 Å². The van der Waals surface area contributed by atoms with Gasteiger partial charge in [0.25, 0.3) is 5.56 Å². The van der Waals surface area contributed by atoms with Crippen LogP contribution in [0.3, 0.4) is 0 Å². The Kier molecular flexibility index (Phi) is 6.09. The lowest BCUT2D eigenvalue weighted by molar-refractivity contribution is 0.379. The number of phenolic OH excluding ortho intramolecular Hbond substituents is 2. The zero-order valence-electron chi connectivity index (χ0n) is 18.3. The Hall–Kier alpha value is -4.18. The number of allylic oxidation sites excluding steroid dienone is 1. The van der Waals surface area contributed by atoms with E-state index in [-0.39, 0.29) is 28.5 Å². The standard InChI is InChI=1S/C26H25N3O4/c1-16-13-23-24(26(32)29(16)12-11-18-8-10-21(30)22(31)14-18)19(20(15-27)25(28)33-23)9-7-17-5-3-2-4-6-17/h2-6,8,10,13-14,19,30-31H,7,9,11-12,28H2,1H3. The van der Waals surface area contributed by atoms with Crippen LogP contribution in [0.5, 0.6) is 17.2 Å². The average Bonchev–Trinajstić information content (AvgIpc) is 2.80. The van der Waals surface area contributed by atoms with Gasteiger partial charge >= 0.3 is 0 Å². The third-order valence-electron chi connectivity index (χ3n) is 6.04. The van der Waals surface area contributed by atoms with Crippen molar-refractivity contribution in [2.24, 2.45) is 5.73 Å². The van der Waals surface area contributed by atoms with Crippen LogP contribution < -0.4 is 16.0 Å². The number of hydrogen-bond acceptors (Lipinski definition) is 6. The highest BCUT2D eigenvalue weighted by Crippen LogP contribution is 2.39. The number of aryl methyl sites for hydroxylation is 3. The maximum Gasteiger partial charge on any atom is 0.258 e. The molecule has 0 saturated heterocycles. The van der Waals surface area contributed by atoms with Crippen molar-refractivity contribution in [3.05, 3.63) is 98.8 Å². The molecule has 0 saturated carbocycles. The van der Waals surface area contributed by atoms with E-state index < -0.39 is 5.92 Å². The summed E-state index contributed by atoms with van der Waals surface area (Å²) in [7, 11) is 0. The first-order valence-electron chi connectivity index (χ1n) is 10.8. The molecule has 1 atom stereocenters. The van der Waals surface area contributed by atoms with E-state index in [4.69, 9.17) is 10.5 Å². The highest BCUT2D eigenvalue weighted by atomic mass is 16.5. The highest BCUT2D eigenvalue weighted by Gasteiger charge is 2.32. The third kappa shape index (κ3) is 4.41. The molecule has 0 aliphatic carbocycles. The molecule has 33 heavy (non-hydrogen) atoms. The number of benzene rings is 2. The van der Waals surface area contributed by atoms with E-state index in [1.54, 1.807) is 16.7 Å². The lowest BCUT2D eigenvalue weighted by Crippen LogP contribution is -2.33. The van der Waals surface area contributed by atoms with Crippen LogP contribution in [0.25, 0.3) is 0 Å². The molecule has 0 radical (unpaired) electrons. The molecule has 0 spiro atoms. The van der Waals surface area contributed by atoms with Gasteiger partial charge in [-0.3, -0.25) is 4.79 Å². The summed E-state index contributed by atoms with van der Waals surface area (Å²) in [6.07, 6.45) is 1.71. The zero-order chi connectivity index (χ0) is 23.5. The largest absolute Gasteiger partial charge is 0.504 e. The normalized spacial score (nSPS) is 15.0. The Morgan fingerprint density at radius 2 is 1.82 bits per heavy atom. The van der Waals surface area contributed by atoms with Gasteiger partial charge in [-0.25, -0.2) is 0 Å². The molecule has 2 heterocycles. The average molecular weight is 444 g/mol. The molecule has 7 nitrogen and oxygen atoms in total. The molecule has 3 aromatic rings. The number of fused-ring (bicyclic) bond motifs is 1. The Morgan fingerprint density at radius 1 is 1.06 bits per heavy atom. The molecule has 1 unspecified atom stereocenters. The van der Waals surface area contributed by atoms with Gasteiger partial charge in [0, 0.05) is 24.2 Å². The molecule has 0 amide bonds. The van der Waals surface area contributed by atoms with Crippen LogP contribution in [0.1, 0.15) is 34.7 Å². The number of ether oxygens (including phenoxy) is 1. The van der Waals surface area contributed by atoms with Crippen LogP contribution in [0.4, 0.5) is 0 Å². The van der Waals surface area contributed by atoms with Gasteiger partial charge in [0.2, 0.25) is 5.88 Å². The molecule has 0 fully saturated rings. The molecule has 7 heteroatoms. The van der Waals surface area contributed by atoms with E-state index in [0.29, 0.717) is 42.8 Å². The SMILES string of the molecule is Cc1cc2c(c(=O)n1CCc1ccc(O)c(O)c1)C(CCc1ccccc1)C(C#N)=C(N)O2. The van der Waals surface area contributed by atoms with E-state index in [1.807, 2.05) is 37.3 Å². The summed E-state index contributed by atoms with van der Waals surface area (Å²) in [5, 5.41) is 29.0. The van der Waals surface area contributed by atoms with Gasteiger partial charge in [0.15, 0.2) is 11.5 Å². The van der Waals surface area contributed by atoms with Gasteiger partial charge in [-0.1, -0.05) is 36.4 Å². The van der Waals surface area contributed by atoms with Crippen LogP contribution in [0.15, 0.2) is 70.8 Å². The Balaban J connectivity index is 1.68. The summed E-state index contributed by atoms with van der Waals surface area (Å²) in [6.45, 7) is 2.19. The molecule has 2 aromatic carbocycles. The number of aromatic nitrogens is 1. The smallest absolute Gasteiger partial charge is 0.258 e. The summed E-state index contributed by atoms with van der Waals surface area (Å²) >= 11 is 0. The minimum absolute atomic E-state index is 0.0409. The van der Waals surface area contributed by atoms with Crippen molar-refractivity contribution in [3.63, 3.8) is 0 Å². The Morgan fingerprint density at radius 3 is 2.52 bits per heavy atom. The molecule has 1 aromatic heterocycles.